The number of hydrogen-bond donors (Lipinski definition) is 1. The fraction of sp³-hybridized carbons (Fsp3) is 1.00. The molecule has 0 spiro atoms. The van der Waals surface area contributed by atoms with Gasteiger partial charge in [0.2, 0.25) is 0 Å². The van der Waals surface area contributed by atoms with Crippen LogP contribution in [0.4, 0.5) is 0 Å². The van der Waals surface area contributed by atoms with Crippen LogP contribution in [0.1, 0.15) is 52.9 Å². The fourth-order valence-corrected chi connectivity index (χ4v) is 1.44. The smallest absolute Gasteiger partial charge is 0.00468 e. The van der Waals surface area contributed by atoms with Crippen LogP contribution in [-0.4, -0.2) is 13.6 Å². The normalized spacial score (nSPS) is 12.0. The minimum atomic E-state index is 0.540. The number of nitrogens with one attached hydrogen (secondary N) is 1. The molecular formula is C11H25N. The summed E-state index contributed by atoms with van der Waals surface area (Å²) >= 11 is 0. The molecule has 0 aliphatic heterocycles. The molecule has 0 fully saturated rings. The number of hydrogen-bond acceptors (Lipinski definition) is 1. The molecule has 0 radical (unpaired) electrons. The lowest BCUT2D eigenvalue weighted by Gasteiger charge is -2.24. The molecule has 12 heavy (non-hydrogen) atoms. The minimum absolute atomic E-state index is 0.540. The van der Waals surface area contributed by atoms with Gasteiger partial charge in [-0.1, -0.05) is 40.0 Å². The largest absolute Gasteiger partial charge is 0.320 e. The Balaban J connectivity index is 3.42. The molecule has 0 rings (SSSR count). The molecule has 0 aliphatic carbocycles. The van der Waals surface area contributed by atoms with Gasteiger partial charge in [-0.15, -0.1) is 0 Å². The first-order valence-electron chi connectivity index (χ1n) is 5.27. The zero-order valence-electron chi connectivity index (χ0n) is 9.24. The van der Waals surface area contributed by atoms with Gasteiger partial charge in [0, 0.05) is 0 Å². The van der Waals surface area contributed by atoms with Crippen molar-refractivity contribution in [1.29, 1.82) is 0 Å². The summed E-state index contributed by atoms with van der Waals surface area (Å²) in [7, 11) is 2.03. The SMILES string of the molecule is CCCCCC(C)(C)CCNC. The summed E-state index contributed by atoms with van der Waals surface area (Å²) in [5, 5.41) is 3.21. The molecule has 0 aromatic rings. The first-order valence-corrected chi connectivity index (χ1v) is 5.27. The van der Waals surface area contributed by atoms with Crippen molar-refractivity contribution in [3.8, 4) is 0 Å². The van der Waals surface area contributed by atoms with Crippen LogP contribution in [0.15, 0.2) is 0 Å². The molecule has 74 valence electrons. The summed E-state index contributed by atoms with van der Waals surface area (Å²) in [4.78, 5) is 0. The molecular weight excluding hydrogens is 146 g/mol. The number of unbranched alkanes of at least 4 members (excludes halogenated alkanes) is 2. The Bertz CT molecular complexity index is 97.2. The van der Waals surface area contributed by atoms with E-state index in [0.717, 1.165) is 6.54 Å². The lowest BCUT2D eigenvalue weighted by atomic mass is 9.84. The highest BCUT2D eigenvalue weighted by Gasteiger charge is 2.15. The zero-order chi connectivity index (χ0) is 9.45. The predicted octanol–water partition coefficient (Wildman–Crippen LogP) is 3.20. The lowest BCUT2D eigenvalue weighted by molar-refractivity contribution is 0.293. The molecule has 0 aromatic carbocycles. The van der Waals surface area contributed by atoms with Gasteiger partial charge in [0.05, 0.1) is 0 Å². The van der Waals surface area contributed by atoms with E-state index in [9.17, 15) is 0 Å². The molecule has 0 saturated heterocycles. The Kier molecular flexibility index (Phi) is 6.45. The van der Waals surface area contributed by atoms with Crippen molar-refractivity contribution in [3.05, 3.63) is 0 Å². The van der Waals surface area contributed by atoms with Crippen molar-refractivity contribution in [2.75, 3.05) is 13.6 Å². The Hall–Kier alpha value is -0.0400. The Morgan fingerprint density at radius 1 is 1.08 bits per heavy atom. The molecule has 0 saturated carbocycles. The Morgan fingerprint density at radius 3 is 2.25 bits per heavy atom. The molecule has 1 heteroatoms. The monoisotopic (exact) mass is 171 g/mol. The fourth-order valence-electron chi connectivity index (χ4n) is 1.44. The maximum Gasteiger partial charge on any atom is -0.00468 e. The van der Waals surface area contributed by atoms with Crippen LogP contribution in [0, 0.1) is 5.41 Å². The van der Waals surface area contributed by atoms with Gasteiger partial charge in [-0.2, -0.15) is 0 Å². The molecule has 0 bridgehead atoms. The molecule has 0 atom stereocenters. The molecule has 0 heterocycles. The maximum absolute atomic E-state index is 3.21. The summed E-state index contributed by atoms with van der Waals surface area (Å²) < 4.78 is 0. The molecule has 0 aliphatic rings. The standard InChI is InChI=1S/C11H25N/c1-5-6-7-8-11(2,3)9-10-12-4/h12H,5-10H2,1-4H3. The van der Waals surface area contributed by atoms with E-state index in [4.69, 9.17) is 0 Å². The van der Waals surface area contributed by atoms with Gasteiger partial charge in [-0.3, -0.25) is 0 Å². The van der Waals surface area contributed by atoms with E-state index in [1.54, 1.807) is 0 Å². The van der Waals surface area contributed by atoms with Crippen molar-refractivity contribution in [3.63, 3.8) is 0 Å². The molecule has 1 nitrogen and oxygen atoms in total. The first kappa shape index (κ1) is 12.0. The van der Waals surface area contributed by atoms with E-state index < -0.39 is 0 Å². The second kappa shape index (κ2) is 6.47. The molecule has 0 aromatic heterocycles. The van der Waals surface area contributed by atoms with Gasteiger partial charge in [0.1, 0.15) is 0 Å². The van der Waals surface area contributed by atoms with Crippen molar-refractivity contribution in [2.24, 2.45) is 5.41 Å². The van der Waals surface area contributed by atoms with Gasteiger partial charge in [0.25, 0.3) is 0 Å². The van der Waals surface area contributed by atoms with E-state index in [1.807, 2.05) is 7.05 Å². The average molecular weight is 171 g/mol. The van der Waals surface area contributed by atoms with E-state index in [-0.39, 0.29) is 0 Å². The number of rotatable bonds is 7. The zero-order valence-corrected chi connectivity index (χ0v) is 9.24. The van der Waals surface area contributed by atoms with Gasteiger partial charge in [0.15, 0.2) is 0 Å². The summed E-state index contributed by atoms with van der Waals surface area (Å²) in [5.41, 5.74) is 0.540. The average Bonchev–Trinajstić information content (AvgIpc) is 2.01. The van der Waals surface area contributed by atoms with E-state index in [1.165, 1.54) is 32.1 Å². The first-order chi connectivity index (χ1) is 5.62. The van der Waals surface area contributed by atoms with Crippen LogP contribution in [0.3, 0.4) is 0 Å². The summed E-state index contributed by atoms with van der Waals surface area (Å²) in [6, 6.07) is 0. The van der Waals surface area contributed by atoms with Gasteiger partial charge in [-0.05, 0) is 31.8 Å². The quantitative estimate of drug-likeness (QED) is 0.580. The summed E-state index contributed by atoms with van der Waals surface area (Å²) in [6.07, 6.45) is 6.80. The maximum atomic E-state index is 3.21. The van der Waals surface area contributed by atoms with Crippen LogP contribution in [0.5, 0.6) is 0 Å². The summed E-state index contributed by atoms with van der Waals surface area (Å²) in [6.45, 7) is 8.17. The van der Waals surface area contributed by atoms with Crippen molar-refractivity contribution >= 4 is 0 Å². The molecule has 0 unspecified atom stereocenters. The van der Waals surface area contributed by atoms with Crippen molar-refractivity contribution < 1.29 is 0 Å². The van der Waals surface area contributed by atoms with Crippen LogP contribution in [-0.2, 0) is 0 Å². The second-order valence-electron chi connectivity index (χ2n) is 4.47. The van der Waals surface area contributed by atoms with Crippen LogP contribution < -0.4 is 5.32 Å². The highest BCUT2D eigenvalue weighted by molar-refractivity contribution is 4.69. The second-order valence-corrected chi connectivity index (χ2v) is 4.47. The molecule has 1 N–H and O–H groups in total. The van der Waals surface area contributed by atoms with Crippen LogP contribution in [0.2, 0.25) is 0 Å². The third kappa shape index (κ3) is 6.66. The van der Waals surface area contributed by atoms with Gasteiger partial charge in [-0.25, -0.2) is 0 Å². The third-order valence-electron chi connectivity index (χ3n) is 2.51. The lowest BCUT2D eigenvalue weighted by Crippen LogP contribution is -2.19. The van der Waals surface area contributed by atoms with Crippen molar-refractivity contribution in [1.82, 2.24) is 5.32 Å². The van der Waals surface area contributed by atoms with Crippen LogP contribution >= 0.6 is 0 Å². The highest BCUT2D eigenvalue weighted by atomic mass is 14.8. The highest BCUT2D eigenvalue weighted by Crippen LogP contribution is 2.26. The molecule has 0 amide bonds. The van der Waals surface area contributed by atoms with Crippen molar-refractivity contribution in [2.45, 2.75) is 52.9 Å². The summed E-state index contributed by atoms with van der Waals surface area (Å²) in [5.74, 6) is 0. The van der Waals surface area contributed by atoms with E-state index >= 15 is 0 Å². The third-order valence-corrected chi connectivity index (χ3v) is 2.51. The van der Waals surface area contributed by atoms with Crippen LogP contribution in [0.25, 0.3) is 0 Å². The topological polar surface area (TPSA) is 12.0 Å². The Morgan fingerprint density at radius 2 is 1.75 bits per heavy atom. The predicted molar refractivity (Wildman–Crippen MR) is 56.5 cm³/mol. The van der Waals surface area contributed by atoms with E-state index in [2.05, 4.69) is 26.1 Å². The van der Waals surface area contributed by atoms with Gasteiger partial charge >= 0.3 is 0 Å². The van der Waals surface area contributed by atoms with Gasteiger partial charge < -0.3 is 5.32 Å². The Labute approximate surface area is 77.9 Å². The van der Waals surface area contributed by atoms with E-state index in [0.29, 0.717) is 5.41 Å². The minimum Gasteiger partial charge on any atom is -0.320 e.